The van der Waals surface area contributed by atoms with Gasteiger partial charge >= 0.3 is 6.09 Å². The average molecular weight is 408 g/mol. The second kappa shape index (κ2) is 9.82. The minimum Gasteiger partial charge on any atom is -0.465 e. The highest BCUT2D eigenvalue weighted by Gasteiger charge is 2.25. The van der Waals surface area contributed by atoms with Gasteiger partial charge in [0.15, 0.2) is 0 Å². The molecule has 1 aliphatic rings. The van der Waals surface area contributed by atoms with Crippen LogP contribution in [-0.2, 0) is 4.79 Å². The second-order valence-electron chi connectivity index (χ2n) is 7.04. The number of anilines is 1. The number of rotatable bonds is 7. The highest BCUT2D eigenvalue weighted by molar-refractivity contribution is 5.69. The Morgan fingerprint density at radius 1 is 1.27 bits per heavy atom. The number of aldehydes is 1. The van der Waals surface area contributed by atoms with E-state index in [9.17, 15) is 9.59 Å². The zero-order chi connectivity index (χ0) is 21.5. The first-order chi connectivity index (χ1) is 14.5. The highest BCUT2D eigenvalue weighted by Crippen LogP contribution is 2.22. The lowest BCUT2D eigenvalue weighted by Gasteiger charge is -2.39. The number of carbonyl (C=O) groups is 2. The fourth-order valence-electron chi connectivity index (χ4n) is 3.46. The van der Waals surface area contributed by atoms with E-state index in [0.29, 0.717) is 38.0 Å². The molecule has 0 bridgehead atoms. The molecule has 0 spiro atoms. The Balaban J connectivity index is 1.57. The maximum Gasteiger partial charge on any atom is 0.407 e. The molecule has 1 aromatic heterocycles. The lowest BCUT2D eigenvalue weighted by Crippen LogP contribution is -2.57. The smallest absolute Gasteiger partial charge is 0.407 e. The van der Waals surface area contributed by atoms with Crippen LogP contribution in [-0.4, -0.2) is 77.7 Å². The van der Waals surface area contributed by atoms with E-state index in [4.69, 9.17) is 16.1 Å². The van der Waals surface area contributed by atoms with Crippen LogP contribution in [0.5, 0.6) is 0 Å². The van der Waals surface area contributed by atoms with Crippen LogP contribution in [0.25, 0.3) is 11.1 Å². The van der Waals surface area contributed by atoms with Gasteiger partial charge in [0.25, 0.3) is 0 Å². The number of amides is 1. The number of nitriles is 1. The Hall–Kier alpha value is -3.48. The van der Waals surface area contributed by atoms with Crippen LogP contribution in [0.4, 0.5) is 10.6 Å². The molecule has 1 saturated heterocycles. The van der Waals surface area contributed by atoms with E-state index in [1.54, 1.807) is 12.3 Å². The summed E-state index contributed by atoms with van der Waals surface area (Å²) in [7, 11) is 0. The lowest BCUT2D eigenvalue weighted by atomic mass is 10.1. The molecule has 1 amide bonds. The van der Waals surface area contributed by atoms with Crippen molar-refractivity contribution in [1.29, 1.82) is 5.26 Å². The van der Waals surface area contributed by atoms with Crippen molar-refractivity contribution in [1.82, 2.24) is 14.8 Å². The molecule has 1 atom stereocenters. The van der Waals surface area contributed by atoms with E-state index in [1.165, 1.54) is 0 Å². The number of carboxylic acid groups (broad SMARTS) is 1. The highest BCUT2D eigenvalue weighted by atomic mass is 16.4. The van der Waals surface area contributed by atoms with Gasteiger partial charge in [-0.05, 0) is 29.8 Å². The zero-order valence-corrected chi connectivity index (χ0v) is 16.5. The van der Waals surface area contributed by atoms with Gasteiger partial charge in [-0.2, -0.15) is 5.26 Å². The first kappa shape index (κ1) is 21.2. The molecule has 0 saturated carbocycles. The van der Waals surface area contributed by atoms with Crippen molar-refractivity contribution in [3.05, 3.63) is 48.2 Å². The van der Waals surface area contributed by atoms with Crippen molar-refractivity contribution >= 4 is 18.2 Å². The maximum absolute atomic E-state index is 11.2. The molecule has 0 aliphatic carbocycles. The molecule has 1 unspecified atom stereocenters. The third-order valence-electron chi connectivity index (χ3n) is 5.15. The van der Waals surface area contributed by atoms with Crippen LogP contribution >= 0.6 is 0 Å². The number of nitrogens with two attached hydrogens (primary N) is 1. The number of nitrogens with zero attached hydrogens (tertiary/aromatic N) is 5. The summed E-state index contributed by atoms with van der Waals surface area (Å²) < 4.78 is 0. The fraction of sp³-hybridized carbons (Fsp3) is 0.333. The van der Waals surface area contributed by atoms with Gasteiger partial charge in [0, 0.05) is 37.9 Å². The molecule has 1 aliphatic heterocycles. The van der Waals surface area contributed by atoms with E-state index < -0.39 is 12.3 Å². The van der Waals surface area contributed by atoms with Crippen molar-refractivity contribution in [3.8, 4) is 17.2 Å². The molecular formula is C21H24N6O3. The predicted octanol–water partition coefficient (Wildman–Crippen LogP) is 1.21. The van der Waals surface area contributed by atoms with E-state index in [0.717, 1.165) is 21.8 Å². The summed E-state index contributed by atoms with van der Waals surface area (Å²) in [4.78, 5) is 31.6. The molecule has 30 heavy (non-hydrogen) atoms. The summed E-state index contributed by atoms with van der Waals surface area (Å²) in [5.41, 5.74) is 8.66. The third-order valence-corrected chi connectivity index (χ3v) is 5.15. The van der Waals surface area contributed by atoms with Gasteiger partial charge in [-0.1, -0.05) is 12.1 Å². The molecule has 1 fully saturated rings. The van der Waals surface area contributed by atoms with E-state index in [2.05, 4.69) is 16.0 Å². The predicted molar refractivity (Wildman–Crippen MR) is 112 cm³/mol. The van der Waals surface area contributed by atoms with E-state index >= 15 is 0 Å². The Kier molecular flexibility index (Phi) is 6.95. The fourth-order valence-corrected chi connectivity index (χ4v) is 3.46. The normalized spacial score (nSPS) is 15.3. The third kappa shape index (κ3) is 5.11. The summed E-state index contributed by atoms with van der Waals surface area (Å²) in [5, 5.41) is 18.2. The largest absolute Gasteiger partial charge is 0.465 e. The summed E-state index contributed by atoms with van der Waals surface area (Å²) >= 11 is 0. The lowest BCUT2D eigenvalue weighted by molar-refractivity contribution is -0.108. The van der Waals surface area contributed by atoms with Gasteiger partial charge in [0.2, 0.25) is 0 Å². The number of carbonyl (C=O) groups excluding carboxylic acids is 1. The molecular weight excluding hydrogens is 384 g/mol. The molecule has 1 aromatic carbocycles. The molecule has 3 N–H and O–H groups in total. The molecule has 3 rings (SSSR count). The van der Waals surface area contributed by atoms with Crippen molar-refractivity contribution in [2.24, 2.45) is 5.73 Å². The van der Waals surface area contributed by atoms with Crippen molar-refractivity contribution in [2.75, 3.05) is 44.2 Å². The van der Waals surface area contributed by atoms with E-state index in [-0.39, 0.29) is 13.1 Å². The van der Waals surface area contributed by atoms with Crippen molar-refractivity contribution < 1.29 is 14.7 Å². The number of hydrogen-bond acceptors (Lipinski definition) is 7. The standard InChI is InChI=1S/C21H24N6O3/c22-13-16-2-1-3-17(12-16)18-4-5-20(24-14-18)26-8-6-25(7-9-26)19(23)15-27(10-11-28)21(29)30/h1-5,11-12,14,19H,6-10,15,23H2,(H,29,30). The van der Waals surface area contributed by atoms with Crippen LogP contribution in [0.2, 0.25) is 0 Å². The molecule has 156 valence electrons. The summed E-state index contributed by atoms with van der Waals surface area (Å²) in [6.45, 7) is 2.67. The van der Waals surface area contributed by atoms with E-state index in [1.807, 2.05) is 35.2 Å². The number of hydrogen-bond donors (Lipinski definition) is 2. The van der Waals surface area contributed by atoms with Crippen molar-refractivity contribution in [2.45, 2.75) is 6.17 Å². The van der Waals surface area contributed by atoms with Crippen LogP contribution in [0.3, 0.4) is 0 Å². The Morgan fingerprint density at radius 2 is 2.03 bits per heavy atom. The van der Waals surface area contributed by atoms with Crippen molar-refractivity contribution in [3.63, 3.8) is 0 Å². The number of pyridine rings is 1. The second-order valence-corrected chi connectivity index (χ2v) is 7.04. The van der Waals surface area contributed by atoms with Gasteiger partial charge in [-0.25, -0.2) is 9.78 Å². The minimum atomic E-state index is -1.15. The average Bonchev–Trinajstić information content (AvgIpc) is 2.79. The summed E-state index contributed by atoms with van der Waals surface area (Å²) in [5.74, 6) is 0.858. The molecule has 9 heteroatoms. The molecule has 0 radical (unpaired) electrons. The van der Waals surface area contributed by atoms with Gasteiger partial charge in [0.1, 0.15) is 12.1 Å². The molecule has 9 nitrogen and oxygen atoms in total. The minimum absolute atomic E-state index is 0.0861. The Morgan fingerprint density at radius 3 is 2.63 bits per heavy atom. The Bertz CT molecular complexity index is 919. The maximum atomic E-state index is 11.2. The summed E-state index contributed by atoms with van der Waals surface area (Å²) in [6.07, 6.45) is 0.741. The van der Waals surface area contributed by atoms with Crippen LogP contribution in [0.1, 0.15) is 5.56 Å². The van der Waals surface area contributed by atoms with Gasteiger partial charge in [-0.3, -0.25) is 9.80 Å². The number of benzene rings is 1. The number of aromatic nitrogens is 1. The van der Waals surface area contributed by atoms with Gasteiger partial charge in [0.05, 0.1) is 30.9 Å². The van der Waals surface area contributed by atoms with Crippen LogP contribution < -0.4 is 10.6 Å². The van der Waals surface area contributed by atoms with Crippen LogP contribution in [0.15, 0.2) is 42.6 Å². The van der Waals surface area contributed by atoms with Gasteiger partial charge in [-0.15, -0.1) is 0 Å². The molecule has 2 heterocycles. The zero-order valence-electron chi connectivity index (χ0n) is 16.5. The van der Waals surface area contributed by atoms with Crippen LogP contribution in [0, 0.1) is 11.3 Å². The van der Waals surface area contributed by atoms with Gasteiger partial charge < -0.3 is 20.5 Å². The Labute approximate surface area is 174 Å². The topological polar surface area (TPSA) is 127 Å². The monoisotopic (exact) mass is 408 g/mol. The number of piperazine rings is 1. The summed E-state index contributed by atoms with van der Waals surface area (Å²) in [6, 6.07) is 13.5. The SMILES string of the molecule is N#Cc1cccc(-c2ccc(N3CCN(C(N)CN(CC=O)C(=O)O)CC3)nc2)c1. The first-order valence-electron chi connectivity index (χ1n) is 9.64. The molecule has 2 aromatic rings. The quantitative estimate of drug-likeness (QED) is 0.655. The first-order valence-corrected chi connectivity index (χ1v) is 9.64.